The SMILES string of the molecule is CNc1ccc(OCOc2cccc(C(=O)OCCCC3CO3)c2)cc1. The third-order valence-electron chi connectivity index (χ3n) is 3.97. The first-order valence-corrected chi connectivity index (χ1v) is 8.67. The molecule has 2 aromatic rings. The lowest BCUT2D eigenvalue weighted by atomic mass is 10.2. The van der Waals surface area contributed by atoms with Crippen molar-refractivity contribution in [2.24, 2.45) is 0 Å². The molecule has 138 valence electrons. The molecule has 26 heavy (non-hydrogen) atoms. The molecule has 1 aliphatic heterocycles. The van der Waals surface area contributed by atoms with Crippen LogP contribution < -0.4 is 14.8 Å². The van der Waals surface area contributed by atoms with E-state index in [9.17, 15) is 4.79 Å². The van der Waals surface area contributed by atoms with E-state index in [2.05, 4.69) is 5.32 Å². The second kappa shape index (κ2) is 9.10. The molecule has 2 aromatic carbocycles. The summed E-state index contributed by atoms with van der Waals surface area (Å²) in [6.07, 6.45) is 2.11. The Hall–Kier alpha value is -2.73. The Morgan fingerprint density at radius 2 is 1.92 bits per heavy atom. The lowest BCUT2D eigenvalue weighted by Gasteiger charge is -2.10. The quantitative estimate of drug-likeness (QED) is 0.304. The molecule has 0 bridgehead atoms. The highest BCUT2D eigenvalue weighted by Crippen LogP contribution is 2.18. The fraction of sp³-hybridized carbons (Fsp3) is 0.350. The predicted octanol–water partition coefficient (Wildman–Crippen LogP) is 3.48. The zero-order chi connectivity index (χ0) is 18.2. The minimum atomic E-state index is -0.351. The maximum absolute atomic E-state index is 12.1. The highest BCUT2D eigenvalue weighted by Gasteiger charge is 2.21. The molecule has 1 aliphatic rings. The number of carbonyl (C=O) groups excluding carboxylic acids is 1. The molecule has 0 amide bonds. The Kier molecular flexibility index (Phi) is 6.33. The summed E-state index contributed by atoms with van der Waals surface area (Å²) in [5, 5.41) is 3.04. The number of hydrogen-bond acceptors (Lipinski definition) is 6. The van der Waals surface area contributed by atoms with Crippen LogP contribution in [0.2, 0.25) is 0 Å². The second-order valence-electron chi connectivity index (χ2n) is 5.94. The summed E-state index contributed by atoms with van der Waals surface area (Å²) in [6.45, 7) is 1.28. The zero-order valence-electron chi connectivity index (χ0n) is 14.8. The maximum Gasteiger partial charge on any atom is 0.338 e. The van der Waals surface area contributed by atoms with Gasteiger partial charge in [0.25, 0.3) is 0 Å². The predicted molar refractivity (Wildman–Crippen MR) is 97.8 cm³/mol. The van der Waals surface area contributed by atoms with Gasteiger partial charge in [0.05, 0.1) is 24.9 Å². The number of hydrogen-bond donors (Lipinski definition) is 1. The molecule has 1 heterocycles. The first kappa shape index (κ1) is 18.1. The molecule has 1 saturated heterocycles. The summed E-state index contributed by atoms with van der Waals surface area (Å²) in [5.74, 6) is 0.910. The topological polar surface area (TPSA) is 69.3 Å². The molecule has 0 aliphatic carbocycles. The number of epoxide rings is 1. The van der Waals surface area contributed by atoms with E-state index >= 15 is 0 Å². The fourth-order valence-corrected chi connectivity index (χ4v) is 2.39. The molecule has 1 unspecified atom stereocenters. The van der Waals surface area contributed by atoms with Gasteiger partial charge in [0.1, 0.15) is 11.5 Å². The first-order valence-electron chi connectivity index (χ1n) is 8.67. The van der Waals surface area contributed by atoms with Crippen LogP contribution in [0.5, 0.6) is 11.5 Å². The van der Waals surface area contributed by atoms with Crippen molar-refractivity contribution in [1.82, 2.24) is 0 Å². The van der Waals surface area contributed by atoms with Crippen LogP contribution in [0.3, 0.4) is 0 Å². The molecule has 3 rings (SSSR count). The van der Waals surface area contributed by atoms with E-state index in [1.54, 1.807) is 24.3 Å². The van der Waals surface area contributed by atoms with Crippen LogP contribution in [0.1, 0.15) is 23.2 Å². The average Bonchev–Trinajstić information content (AvgIpc) is 3.50. The van der Waals surface area contributed by atoms with Gasteiger partial charge in [-0.05, 0) is 55.3 Å². The molecule has 0 spiro atoms. The summed E-state index contributed by atoms with van der Waals surface area (Å²) >= 11 is 0. The van der Waals surface area contributed by atoms with Gasteiger partial charge < -0.3 is 24.3 Å². The molecule has 6 heteroatoms. The molecule has 6 nitrogen and oxygen atoms in total. The van der Waals surface area contributed by atoms with Gasteiger partial charge >= 0.3 is 5.97 Å². The van der Waals surface area contributed by atoms with Gasteiger partial charge in [-0.3, -0.25) is 0 Å². The third-order valence-corrected chi connectivity index (χ3v) is 3.97. The van der Waals surface area contributed by atoms with Crippen molar-refractivity contribution in [2.45, 2.75) is 18.9 Å². The second-order valence-corrected chi connectivity index (χ2v) is 5.94. The van der Waals surface area contributed by atoms with Crippen molar-refractivity contribution in [3.8, 4) is 11.5 Å². The number of rotatable bonds is 10. The Morgan fingerprint density at radius 1 is 1.15 bits per heavy atom. The summed E-state index contributed by atoms with van der Waals surface area (Å²) in [6, 6.07) is 14.4. The van der Waals surface area contributed by atoms with Gasteiger partial charge in [-0.15, -0.1) is 0 Å². The van der Waals surface area contributed by atoms with Gasteiger partial charge in [-0.25, -0.2) is 4.79 Å². The van der Waals surface area contributed by atoms with Gasteiger partial charge in [-0.2, -0.15) is 0 Å². The summed E-state index contributed by atoms with van der Waals surface area (Å²) in [7, 11) is 1.86. The standard InChI is InChI=1S/C20H23NO5/c1-21-16-7-9-17(10-8-16)25-14-26-18-5-2-4-15(12-18)20(22)23-11-3-6-19-13-24-19/h2,4-5,7-10,12,19,21H,3,6,11,13-14H2,1H3. The number of carbonyl (C=O) groups is 1. The summed E-state index contributed by atoms with van der Waals surface area (Å²) in [4.78, 5) is 12.1. The van der Waals surface area contributed by atoms with Crippen LogP contribution in [0, 0.1) is 0 Å². The first-order chi connectivity index (χ1) is 12.7. The lowest BCUT2D eigenvalue weighted by Crippen LogP contribution is -2.09. The smallest absolute Gasteiger partial charge is 0.338 e. The summed E-state index contributed by atoms with van der Waals surface area (Å²) < 4.78 is 21.5. The van der Waals surface area contributed by atoms with Crippen molar-refractivity contribution < 1.29 is 23.7 Å². The van der Waals surface area contributed by atoms with Gasteiger partial charge in [0.2, 0.25) is 6.79 Å². The average molecular weight is 357 g/mol. The monoisotopic (exact) mass is 357 g/mol. The molecular formula is C20H23NO5. The highest BCUT2D eigenvalue weighted by molar-refractivity contribution is 5.89. The van der Waals surface area contributed by atoms with E-state index < -0.39 is 0 Å². The van der Waals surface area contributed by atoms with Crippen LogP contribution in [-0.2, 0) is 9.47 Å². The maximum atomic E-state index is 12.1. The van der Waals surface area contributed by atoms with Gasteiger partial charge in [0.15, 0.2) is 0 Å². The highest BCUT2D eigenvalue weighted by atomic mass is 16.7. The molecule has 0 saturated carbocycles. The minimum absolute atomic E-state index is 0.0544. The largest absolute Gasteiger partial charge is 0.462 e. The van der Waals surface area contributed by atoms with Crippen molar-refractivity contribution in [3.05, 3.63) is 54.1 Å². The Bertz CT molecular complexity index is 712. The fourth-order valence-electron chi connectivity index (χ4n) is 2.39. The van der Waals surface area contributed by atoms with E-state index in [-0.39, 0.29) is 12.8 Å². The molecule has 1 atom stereocenters. The molecule has 1 fully saturated rings. The van der Waals surface area contributed by atoms with Crippen molar-refractivity contribution in [2.75, 3.05) is 32.4 Å². The third kappa shape index (κ3) is 5.67. The van der Waals surface area contributed by atoms with Crippen LogP contribution in [0.15, 0.2) is 48.5 Å². The van der Waals surface area contributed by atoms with Crippen LogP contribution >= 0.6 is 0 Å². The van der Waals surface area contributed by atoms with Crippen LogP contribution in [-0.4, -0.2) is 39.1 Å². The van der Waals surface area contributed by atoms with E-state index in [4.69, 9.17) is 18.9 Å². The van der Waals surface area contributed by atoms with E-state index in [1.165, 1.54) is 0 Å². The number of nitrogens with one attached hydrogen (secondary N) is 1. The van der Waals surface area contributed by atoms with Crippen molar-refractivity contribution in [3.63, 3.8) is 0 Å². The van der Waals surface area contributed by atoms with Crippen molar-refractivity contribution in [1.29, 1.82) is 0 Å². The molecule has 0 radical (unpaired) electrons. The molecular weight excluding hydrogens is 334 g/mol. The molecule has 1 N–H and O–H groups in total. The Balaban J connectivity index is 1.42. The number of anilines is 1. The van der Waals surface area contributed by atoms with E-state index in [1.807, 2.05) is 31.3 Å². The van der Waals surface area contributed by atoms with E-state index in [0.29, 0.717) is 29.8 Å². The van der Waals surface area contributed by atoms with Crippen LogP contribution in [0.25, 0.3) is 0 Å². The minimum Gasteiger partial charge on any atom is -0.462 e. The van der Waals surface area contributed by atoms with Crippen LogP contribution in [0.4, 0.5) is 5.69 Å². The van der Waals surface area contributed by atoms with E-state index in [0.717, 1.165) is 25.1 Å². The summed E-state index contributed by atoms with van der Waals surface area (Å²) in [5.41, 5.74) is 1.47. The number of esters is 1. The lowest BCUT2D eigenvalue weighted by molar-refractivity contribution is 0.0494. The number of ether oxygens (including phenoxy) is 4. The Morgan fingerprint density at radius 3 is 2.65 bits per heavy atom. The van der Waals surface area contributed by atoms with Crippen molar-refractivity contribution >= 4 is 11.7 Å². The van der Waals surface area contributed by atoms with Gasteiger partial charge in [-0.1, -0.05) is 6.07 Å². The molecule has 0 aromatic heterocycles. The normalized spacial score (nSPS) is 15.2. The zero-order valence-corrected chi connectivity index (χ0v) is 14.8. The number of benzene rings is 2. The Labute approximate surface area is 153 Å². The van der Waals surface area contributed by atoms with Gasteiger partial charge in [0, 0.05) is 12.7 Å².